The molecular weight excluding hydrogens is 336 g/mol. The Morgan fingerprint density at radius 2 is 2.19 bits per heavy atom. The van der Waals surface area contributed by atoms with Crippen LogP contribution < -0.4 is 10.9 Å². The van der Waals surface area contributed by atoms with Crippen molar-refractivity contribution in [3.63, 3.8) is 0 Å². The minimum absolute atomic E-state index is 0.0961. The standard InChI is InChI=1S/C18H16N4O4/c1-10-6-13-15-16(26-17(13)21-11(10)2)18(24)22(9-20-15)8-14(23)19-7-12-4-3-5-25-12/h3-6,9H,7-8H2,1-2H3,(H,19,23). The van der Waals surface area contributed by atoms with Gasteiger partial charge in [0.05, 0.1) is 24.5 Å². The summed E-state index contributed by atoms with van der Waals surface area (Å²) in [5, 5.41) is 3.38. The number of aryl methyl sites for hydroxylation is 2. The predicted octanol–water partition coefficient (Wildman–Crippen LogP) is 2.06. The van der Waals surface area contributed by atoms with Crippen molar-refractivity contribution < 1.29 is 13.6 Å². The lowest BCUT2D eigenvalue weighted by atomic mass is 10.2. The third-order valence-electron chi connectivity index (χ3n) is 4.24. The summed E-state index contributed by atoms with van der Waals surface area (Å²) in [6, 6.07) is 5.39. The van der Waals surface area contributed by atoms with Gasteiger partial charge in [0, 0.05) is 5.69 Å². The van der Waals surface area contributed by atoms with E-state index in [1.54, 1.807) is 12.1 Å². The zero-order valence-corrected chi connectivity index (χ0v) is 14.3. The fraction of sp³-hybridized carbons (Fsp3) is 0.222. The molecule has 0 unspecified atom stereocenters. The van der Waals surface area contributed by atoms with E-state index in [0.717, 1.165) is 11.3 Å². The molecule has 26 heavy (non-hydrogen) atoms. The summed E-state index contributed by atoms with van der Waals surface area (Å²) >= 11 is 0. The molecule has 1 amide bonds. The first kappa shape index (κ1) is 16.1. The topological polar surface area (TPSA) is 103 Å². The quantitative estimate of drug-likeness (QED) is 0.603. The van der Waals surface area contributed by atoms with E-state index in [1.807, 2.05) is 19.9 Å². The summed E-state index contributed by atoms with van der Waals surface area (Å²) in [5.41, 5.74) is 2.31. The molecule has 0 radical (unpaired) electrons. The van der Waals surface area contributed by atoms with Crippen LogP contribution in [0.25, 0.3) is 22.2 Å². The summed E-state index contributed by atoms with van der Waals surface area (Å²) < 4.78 is 12.0. The van der Waals surface area contributed by atoms with E-state index in [9.17, 15) is 9.59 Å². The predicted molar refractivity (Wildman–Crippen MR) is 93.6 cm³/mol. The number of fused-ring (bicyclic) bond motifs is 3. The van der Waals surface area contributed by atoms with E-state index < -0.39 is 5.56 Å². The molecule has 4 rings (SSSR count). The number of carbonyl (C=O) groups excluding carboxylic acids is 1. The molecule has 0 aromatic carbocycles. The van der Waals surface area contributed by atoms with Gasteiger partial charge < -0.3 is 14.2 Å². The van der Waals surface area contributed by atoms with Crippen molar-refractivity contribution >= 4 is 28.1 Å². The monoisotopic (exact) mass is 352 g/mol. The van der Waals surface area contributed by atoms with E-state index in [1.165, 1.54) is 17.2 Å². The Morgan fingerprint density at radius 1 is 1.35 bits per heavy atom. The smallest absolute Gasteiger partial charge is 0.297 e. The molecule has 4 aromatic heterocycles. The zero-order valence-electron chi connectivity index (χ0n) is 14.3. The maximum atomic E-state index is 12.6. The van der Waals surface area contributed by atoms with Crippen molar-refractivity contribution in [1.82, 2.24) is 19.9 Å². The van der Waals surface area contributed by atoms with E-state index >= 15 is 0 Å². The molecule has 0 aliphatic rings. The van der Waals surface area contributed by atoms with Gasteiger partial charge in [-0.3, -0.25) is 14.2 Å². The van der Waals surface area contributed by atoms with Gasteiger partial charge in [0.25, 0.3) is 5.56 Å². The Bertz CT molecular complexity index is 1170. The Balaban J connectivity index is 1.64. The van der Waals surface area contributed by atoms with Crippen molar-refractivity contribution in [1.29, 1.82) is 0 Å². The number of rotatable bonds is 4. The van der Waals surface area contributed by atoms with Gasteiger partial charge in [-0.05, 0) is 37.6 Å². The summed E-state index contributed by atoms with van der Waals surface area (Å²) in [6.45, 7) is 3.90. The van der Waals surface area contributed by atoms with Gasteiger partial charge in [-0.2, -0.15) is 0 Å². The molecule has 132 valence electrons. The molecule has 4 aromatic rings. The van der Waals surface area contributed by atoms with Crippen LogP contribution in [0.5, 0.6) is 0 Å². The van der Waals surface area contributed by atoms with Crippen LogP contribution in [0.15, 0.2) is 44.4 Å². The first-order valence-electron chi connectivity index (χ1n) is 8.08. The first-order chi connectivity index (χ1) is 12.5. The Kier molecular flexibility index (Phi) is 3.80. The summed E-state index contributed by atoms with van der Waals surface area (Å²) in [4.78, 5) is 33.4. The molecule has 0 spiro atoms. The van der Waals surface area contributed by atoms with Crippen LogP contribution in [0.3, 0.4) is 0 Å². The van der Waals surface area contributed by atoms with Gasteiger partial charge in [0.1, 0.15) is 17.8 Å². The molecule has 1 N–H and O–H groups in total. The average Bonchev–Trinajstić information content (AvgIpc) is 3.24. The molecule has 8 heteroatoms. The molecule has 0 saturated heterocycles. The molecule has 4 heterocycles. The molecule has 0 saturated carbocycles. The van der Waals surface area contributed by atoms with E-state index in [4.69, 9.17) is 8.83 Å². The average molecular weight is 352 g/mol. The molecule has 0 aliphatic heterocycles. The van der Waals surface area contributed by atoms with Gasteiger partial charge in [0.2, 0.25) is 17.2 Å². The van der Waals surface area contributed by atoms with Gasteiger partial charge in [-0.1, -0.05) is 0 Å². The van der Waals surface area contributed by atoms with Gasteiger partial charge in [-0.15, -0.1) is 0 Å². The second-order valence-electron chi connectivity index (χ2n) is 6.06. The highest BCUT2D eigenvalue weighted by Gasteiger charge is 2.16. The van der Waals surface area contributed by atoms with Gasteiger partial charge >= 0.3 is 0 Å². The largest absolute Gasteiger partial charge is 0.467 e. The summed E-state index contributed by atoms with van der Waals surface area (Å²) in [7, 11) is 0. The Hall–Kier alpha value is -3.42. The first-order valence-corrected chi connectivity index (χ1v) is 8.08. The second kappa shape index (κ2) is 6.14. The SMILES string of the molecule is Cc1cc2c(nc1C)oc1c(=O)n(CC(=O)NCc3ccco3)cnc12. The van der Waals surface area contributed by atoms with Crippen molar-refractivity contribution in [2.45, 2.75) is 26.9 Å². The number of nitrogens with zero attached hydrogens (tertiary/aromatic N) is 3. The number of nitrogens with one attached hydrogen (secondary N) is 1. The molecule has 0 aliphatic carbocycles. The van der Waals surface area contributed by atoms with Crippen LogP contribution in [-0.2, 0) is 17.9 Å². The minimum atomic E-state index is -0.420. The van der Waals surface area contributed by atoms with Gasteiger partial charge in [-0.25, -0.2) is 9.97 Å². The maximum absolute atomic E-state index is 12.6. The highest BCUT2D eigenvalue weighted by Crippen LogP contribution is 2.25. The lowest BCUT2D eigenvalue weighted by molar-refractivity contribution is -0.122. The van der Waals surface area contributed by atoms with Crippen molar-refractivity contribution in [3.05, 3.63) is 58.2 Å². The van der Waals surface area contributed by atoms with Crippen LogP contribution >= 0.6 is 0 Å². The number of carbonyl (C=O) groups is 1. The van der Waals surface area contributed by atoms with Crippen molar-refractivity contribution in [2.75, 3.05) is 0 Å². The molecule has 0 bridgehead atoms. The fourth-order valence-electron chi connectivity index (χ4n) is 2.70. The number of amides is 1. The maximum Gasteiger partial charge on any atom is 0.297 e. The lowest BCUT2D eigenvalue weighted by Gasteiger charge is -2.05. The molecule has 8 nitrogen and oxygen atoms in total. The zero-order chi connectivity index (χ0) is 18.3. The number of pyridine rings is 1. The van der Waals surface area contributed by atoms with Gasteiger partial charge in [0.15, 0.2) is 0 Å². The summed E-state index contributed by atoms with van der Waals surface area (Å²) in [6.07, 6.45) is 2.88. The molecule has 0 atom stereocenters. The fourth-order valence-corrected chi connectivity index (χ4v) is 2.70. The Morgan fingerprint density at radius 3 is 2.96 bits per heavy atom. The van der Waals surface area contributed by atoms with Crippen LogP contribution in [0.4, 0.5) is 0 Å². The number of furan rings is 2. The highest BCUT2D eigenvalue weighted by molar-refractivity contribution is 6.00. The Labute approximate surface area is 147 Å². The van der Waals surface area contributed by atoms with Crippen molar-refractivity contribution in [3.8, 4) is 0 Å². The van der Waals surface area contributed by atoms with Crippen LogP contribution in [-0.4, -0.2) is 20.4 Å². The number of hydrogen-bond donors (Lipinski definition) is 1. The molecule has 0 fully saturated rings. The van der Waals surface area contributed by atoms with Crippen LogP contribution in [0, 0.1) is 13.8 Å². The van der Waals surface area contributed by atoms with E-state index in [-0.39, 0.29) is 24.6 Å². The van der Waals surface area contributed by atoms with Crippen molar-refractivity contribution in [2.24, 2.45) is 0 Å². The summed E-state index contributed by atoms with van der Waals surface area (Å²) in [5.74, 6) is 0.305. The lowest BCUT2D eigenvalue weighted by Crippen LogP contribution is -2.31. The normalized spacial score (nSPS) is 11.3. The highest BCUT2D eigenvalue weighted by atomic mass is 16.3. The number of aromatic nitrogens is 3. The third kappa shape index (κ3) is 2.75. The van der Waals surface area contributed by atoms with Crippen LogP contribution in [0.2, 0.25) is 0 Å². The minimum Gasteiger partial charge on any atom is -0.467 e. The van der Waals surface area contributed by atoms with E-state index in [2.05, 4.69) is 15.3 Å². The third-order valence-corrected chi connectivity index (χ3v) is 4.24. The van der Waals surface area contributed by atoms with E-state index in [0.29, 0.717) is 22.4 Å². The number of hydrogen-bond acceptors (Lipinski definition) is 6. The molecular formula is C18H16N4O4. The second-order valence-corrected chi connectivity index (χ2v) is 6.06. The van der Waals surface area contributed by atoms with Crippen LogP contribution in [0.1, 0.15) is 17.0 Å².